The minimum atomic E-state index is -0.137. The van der Waals surface area contributed by atoms with Crippen molar-refractivity contribution in [1.82, 2.24) is 4.98 Å². The second-order valence-corrected chi connectivity index (χ2v) is 14.8. The summed E-state index contributed by atoms with van der Waals surface area (Å²) in [5.41, 5.74) is 16.1. The Morgan fingerprint density at radius 1 is 0.500 bits per heavy atom. The number of oxazole rings is 1. The number of hydrogen-bond acceptors (Lipinski definition) is 3. The monoisotopic (exact) mass is 644 g/mol. The van der Waals surface area contributed by atoms with Crippen molar-refractivity contribution < 1.29 is 4.42 Å². The van der Waals surface area contributed by atoms with E-state index in [-0.39, 0.29) is 10.8 Å². The number of aromatic nitrogens is 1. The molecular formula is C47H36N2O. The van der Waals surface area contributed by atoms with Crippen LogP contribution in [-0.4, -0.2) is 4.98 Å². The normalized spacial score (nSPS) is 14.7. The van der Waals surface area contributed by atoms with Crippen molar-refractivity contribution in [2.45, 2.75) is 38.5 Å². The Hall–Kier alpha value is -5.93. The van der Waals surface area contributed by atoms with Gasteiger partial charge in [0.2, 0.25) is 5.89 Å². The molecule has 8 aromatic rings. The van der Waals surface area contributed by atoms with Crippen molar-refractivity contribution in [2.75, 3.05) is 4.90 Å². The lowest BCUT2D eigenvalue weighted by molar-refractivity contribution is 0.623. The first-order valence-electron chi connectivity index (χ1n) is 17.5. The molecule has 240 valence electrons. The van der Waals surface area contributed by atoms with E-state index in [4.69, 9.17) is 9.40 Å². The lowest BCUT2D eigenvalue weighted by Gasteiger charge is -2.30. The summed E-state index contributed by atoms with van der Waals surface area (Å²) in [6.07, 6.45) is 0. The average molecular weight is 645 g/mol. The van der Waals surface area contributed by atoms with Crippen LogP contribution in [-0.2, 0) is 10.8 Å². The van der Waals surface area contributed by atoms with Gasteiger partial charge in [0.05, 0.1) is 5.69 Å². The van der Waals surface area contributed by atoms with Crippen molar-refractivity contribution >= 4 is 38.9 Å². The third-order valence-corrected chi connectivity index (χ3v) is 11.3. The van der Waals surface area contributed by atoms with E-state index >= 15 is 0 Å². The predicted octanol–water partition coefficient (Wildman–Crippen LogP) is 12.7. The van der Waals surface area contributed by atoms with E-state index < -0.39 is 0 Å². The summed E-state index contributed by atoms with van der Waals surface area (Å²) in [6, 6.07) is 52.7. The van der Waals surface area contributed by atoms with Crippen LogP contribution in [0.2, 0.25) is 0 Å². The fraction of sp³-hybridized carbons (Fsp3) is 0.128. The molecule has 0 fully saturated rings. The van der Waals surface area contributed by atoms with Crippen molar-refractivity contribution in [3.63, 3.8) is 0 Å². The van der Waals surface area contributed by atoms with Gasteiger partial charge in [0.15, 0.2) is 5.58 Å². The molecule has 7 aromatic carbocycles. The van der Waals surface area contributed by atoms with Gasteiger partial charge in [-0.3, -0.25) is 0 Å². The number of nitrogens with zero attached hydrogens (tertiary/aromatic N) is 2. The third-order valence-electron chi connectivity index (χ3n) is 11.3. The van der Waals surface area contributed by atoms with Crippen LogP contribution in [0.1, 0.15) is 49.9 Å². The first-order chi connectivity index (χ1) is 24.3. The van der Waals surface area contributed by atoms with Gasteiger partial charge in [0.1, 0.15) is 5.52 Å². The molecule has 2 aliphatic rings. The fourth-order valence-electron chi connectivity index (χ4n) is 8.69. The molecule has 0 saturated heterocycles. The van der Waals surface area contributed by atoms with Crippen LogP contribution in [0.3, 0.4) is 0 Å². The molecule has 10 rings (SSSR count). The average Bonchev–Trinajstić information content (AvgIpc) is 3.77. The topological polar surface area (TPSA) is 29.3 Å². The van der Waals surface area contributed by atoms with E-state index in [0.29, 0.717) is 5.89 Å². The predicted molar refractivity (Wildman–Crippen MR) is 207 cm³/mol. The summed E-state index contributed by atoms with van der Waals surface area (Å²) >= 11 is 0. The summed E-state index contributed by atoms with van der Waals surface area (Å²) < 4.78 is 6.69. The Labute approximate surface area is 292 Å². The van der Waals surface area contributed by atoms with E-state index in [9.17, 15) is 0 Å². The molecule has 0 N–H and O–H groups in total. The van der Waals surface area contributed by atoms with Gasteiger partial charge in [-0.2, -0.15) is 0 Å². The molecule has 0 bridgehead atoms. The standard InChI is InChI=1S/C47H36N2O/c1-46(2)38-20-12-10-18-34(38)36-24-22-31(27-40(36)46)49(32-23-25-37-35-19-11-13-21-39(35)47(3,4)41(37)28-32)42-26-30-16-8-9-17-33(30)44-43(42)48-45(50-44)29-14-6-5-7-15-29/h5-28H,1-4H3. The fourth-order valence-corrected chi connectivity index (χ4v) is 8.69. The lowest BCUT2D eigenvalue weighted by Crippen LogP contribution is -2.18. The van der Waals surface area contributed by atoms with Crippen LogP contribution in [0, 0.1) is 0 Å². The summed E-state index contributed by atoms with van der Waals surface area (Å²) in [7, 11) is 0. The lowest BCUT2D eigenvalue weighted by atomic mass is 9.82. The Bertz CT molecular complexity index is 2550. The van der Waals surface area contributed by atoms with Crippen LogP contribution in [0.25, 0.3) is 55.6 Å². The summed E-state index contributed by atoms with van der Waals surface area (Å²) in [5, 5.41) is 2.16. The number of hydrogen-bond donors (Lipinski definition) is 0. The van der Waals surface area contributed by atoms with Gasteiger partial charge in [-0.25, -0.2) is 4.98 Å². The molecule has 0 spiro atoms. The maximum Gasteiger partial charge on any atom is 0.227 e. The van der Waals surface area contributed by atoms with E-state index in [0.717, 1.165) is 44.5 Å². The molecule has 3 nitrogen and oxygen atoms in total. The molecule has 0 amide bonds. The molecule has 0 aliphatic heterocycles. The second kappa shape index (κ2) is 10.3. The van der Waals surface area contributed by atoms with E-state index in [1.54, 1.807) is 0 Å². The quantitative estimate of drug-likeness (QED) is 0.191. The van der Waals surface area contributed by atoms with Crippen LogP contribution < -0.4 is 4.90 Å². The highest BCUT2D eigenvalue weighted by molar-refractivity contribution is 6.11. The molecule has 50 heavy (non-hydrogen) atoms. The van der Waals surface area contributed by atoms with Crippen molar-refractivity contribution in [2.24, 2.45) is 0 Å². The zero-order valence-electron chi connectivity index (χ0n) is 28.7. The van der Waals surface area contributed by atoms with E-state index in [1.165, 1.54) is 44.5 Å². The molecule has 2 aliphatic carbocycles. The van der Waals surface area contributed by atoms with Gasteiger partial charge >= 0.3 is 0 Å². The number of benzene rings is 7. The number of rotatable bonds is 4. The molecule has 1 heterocycles. The SMILES string of the molecule is CC1(C)c2ccccc2-c2ccc(N(c3ccc4c(c3)C(C)(C)c3ccccc3-4)c3cc4ccccc4c4oc(-c5ccccc5)nc34)cc21. The Morgan fingerprint density at radius 3 is 1.64 bits per heavy atom. The second-order valence-electron chi connectivity index (χ2n) is 14.8. The van der Waals surface area contributed by atoms with Crippen LogP contribution in [0.5, 0.6) is 0 Å². The Morgan fingerprint density at radius 2 is 1.02 bits per heavy atom. The highest BCUT2D eigenvalue weighted by Crippen LogP contribution is 2.54. The molecule has 0 saturated carbocycles. The van der Waals surface area contributed by atoms with Gasteiger partial charge in [-0.1, -0.05) is 131 Å². The third kappa shape index (κ3) is 4.01. The molecule has 1 aromatic heterocycles. The van der Waals surface area contributed by atoms with Gasteiger partial charge in [0, 0.05) is 33.2 Å². The smallest absolute Gasteiger partial charge is 0.227 e. The van der Waals surface area contributed by atoms with Gasteiger partial charge in [-0.15, -0.1) is 0 Å². The molecule has 3 heteroatoms. The molecule has 0 radical (unpaired) electrons. The maximum atomic E-state index is 6.69. The van der Waals surface area contributed by atoms with Gasteiger partial charge in [-0.05, 0) is 92.4 Å². The minimum absolute atomic E-state index is 0.137. The number of anilines is 3. The van der Waals surface area contributed by atoms with Crippen LogP contribution >= 0.6 is 0 Å². The van der Waals surface area contributed by atoms with Gasteiger partial charge in [0.25, 0.3) is 0 Å². The Balaban J connectivity index is 1.26. The minimum Gasteiger partial charge on any atom is -0.435 e. The zero-order chi connectivity index (χ0) is 33.8. The van der Waals surface area contributed by atoms with Crippen molar-refractivity contribution in [3.05, 3.63) is 168 Å². The van der Waals surface area contributed by atoms with Crippen molar-refractivity contribution in [1.29, 1.82) is 0 Å². The largest absolute Gasteiger partial charge is 0.435 e. The summed E-state index contributed by atoms with van der Waals surface area (Å²) in [6.45, 7) is 9.38. The molecule has 0 atom stereocenters. The summed E-state index contributed by atoms with van der Waals surface area (Å²) in [5.74, 6) is 0.620. The molecule has 0 unspecified atom stereocenters. The number of fused-ring (bicyclic) bond motifs is 9. The zero-order valence-corrected chi connectivity index (χ0v) is 28.7. The van der Waals surface area contributed by atoms with Crippen LogP contribution in [0.15, 0.2) is 150 Å². The van der Waals surface area contributed by atoms with E-state index in [1.807, 2.05) is 18.2 Å². The first kappa shape index (κ1) is 29.0. The van der Waals surface area contributed by atoms with E-state index in [2.05, 4.69) is 160 Å². The highest BCUT2D eigenvalue weighted by atomic mass is 16.3. The summed E-state index contributed by atoms with van der Waals surface area (Å²) in [4.78, 5) is 7.67. The highest BCUT2D eigenvalue weighted by Gasteiger charge is 2.38. The first-order valence-corrected chi connectivity index (χ1v) is 17.5. The molecular weight excluding hydrogens is 609 g/mol. The van der Waals surface area contributed by atoms with Gasteiger partial charge < -0.3 is 9.32 Å². The Kier molecular flexibility index (Phi) is 5.97. The maximum absolute atomic E-state index is 6.69. The van der Waals surface area contributed by atoms with Crippen molar-refractivity contribution in [3.8, 4) is 33.7 Å². The van der Waals surface area contributed by atoms with Crippen LogP contribution in [0.4, 0.5) is 17.1 Å².